The lowest BCUT2D eigenvalue weighted by molar-refractivity contribution is 0.391. The van der Waals surface area contributed by atoms with E-state index < -0.39 is 21.1 Å². The number of nitrogens with one attached hydrogen (secondary N) is 1. The molecule has 0 unspecified atom stereocenters. The number of ether oxygens (including phenoxy) is 2. The summed E-state index contributed by atoms with van der Waals surface area (Å²) in [5.74, 6) is 0.567. The maximum atomic E-state index is 13.3. The van der Waals surface area contributed by atoms with Crippen molar-refractivity contribution in [3.63, 3.8) is 0 Å². The van der Waals surface area contributed by atoms with E-state index in [1.807, 2.05) is 6.92 Å². The zero-order chi connectivity index (χ0) is 25.9. The monoisotopic (exact) mass is 516 g/mol. The van der Waals surface area contributed by atoms with Crippen molar-refractivity contribution in [3.8, 4) is 28.7 Å². The molecule has 0 aliphatic rings. The minimum absolute atomic E-state index is 0.0461. The molecule has 1 N–H and O–H groups in total. The number of aromatic nitrogens is 7. The highest BCUT2D eigenvalue weighted by molar-refractivity contribution is 7.93. The molecule has 4 rings (SSSR count). The predicted octanol–water partition coefficient (Wildman–Crippen LogP) is 2.47. The number of methoxy groups -OCH3 is 2. The Morgan fingerprint density at radius 3 is 2.33 bits per heavy atom. The van der Waals surface area contributed by atoms with Gasteiger partial charge in [0.25, 0.3) is 0 Å². The largest absolute Gasteiger partial charge is 0.494 e. The maximum Gasteiger partial charge on any atom is 0.243 e. The van der Waals surface area contributed by atoms with Crippen molar-refractivity contribution in [2.24, 2.45) is 0 Å². The van der Waals surface area contributed by atoms with Gasteiger partial charge in [-0.15, -0.1) is 10.2 Å². The number of halogens is 1. The molecule has 0 aliphatic carbocycles. The van der Waals surface area contributed by atoms with Crippen molar-refractivity contribution >= 4 is 16.0 Å². The van der Waals surface area contributed by atoms with Gasteiger partial charge in [-0.2, -0.15) is 5.10 Å². The molecule has 0 saturated carbocycles. The van der Waals surface area contributed by atoms with Crippen LogP contribution in [0.5, 0.6) is 11.5 Å². The molecular weight excluding hydrogens is 491 g/mol. The highest BCUT2D eigenvalue weighted by Gasteiger charge is 2.29. The Morgan fingerprint density at radius 2 is 1.75 bits per heavy atom. The molecule has 0 spiro atoms. The molecule has 3 aromatic heterocycles. The van der Waals surface area contributed by atoms with Gasteiger partial charge in [-0.3, -0.25) is 14.0 Å². The number of nitrogens with zero attached hydrogens (tertiary/aromatic N) is 7. The summed E-state index contributed by atoms with van der Waals surface area (Å²) in [7, 11) is -1.04. The van der Waals surface area contributed by atoms with E-state index in [2.05, 4.69) is 30.0 Å². The summed E-state index contributed by atoms with van der Waals surface area (Å²) in [6.45, 7) is 4.06. The van der Waals surface area contributed by atoms with E-state index in [9.17, 15) is 12.8 Å². The molecule has 0 saturated heterocycles. The third-order valence-corrected chi connectivity index (χ3v) is 7.08. The molecule has 14 heteroatoms. The Kier molecular flexibility index (Phi) is 7.15. The SMILES string of the molecule is CCn1ccc(-c2nnc(NS(=O)(=O)[C@H](C)Cc3ncc(F)cn3)n2-c2c(OC)cccc2OC)n1. The van der Waals surface area contributed by atoms with Gasteiger partial charge in [0.15, 0.2) is 11.6 Å². The van der Waals surface area contributed by atoms with Crippen LogP contribution in [0.4, 0.5) is 10.3 Å². The highest BCUT2D eigenvalue weighted by atomic mass is 32.2. The van der Waals surface area contributed by atoms with Crippen LogP contribution in [0.25, 0.3) is 17.2 Å². The van der Waals surface area contributed by atoms with Crippen LogP contribution in [0.3, 0.4) is 0 Å². The van der Waals surface area contributed by atoms with E-state index in [1.165, 1.54) is 25.7 Å². The topological polar surface area (TPSA) is 139 Å². The lowest BCUT2D eigenvalue weighted by Gasteiger charge is -2.18. The molecule has 36 heavy (non-hydrogen) atoms. The third kappa shape index (κ3) is 4.98. The number of rotatable bonds is 10. The molecule has 0 fully saturated rings. The Morgan fingerprint density at radius 1 is 1.08 bits per heavy atom. The Balaban J connectivity index is 1.79. The molecule has 0 amide bonds. The second-order valence-corrected chi connectivity index (χ2v) is 9.83. The van der Waals surface area contributed by atoms with Gasteiger partial charge in [-0.1, -0.05) is 6.07 Å². The number of benzene rings is 1. The Hall–Kier alpha value is -4.07. The molecule has 3 heterocycles. The van der Waals surface area contributed by atoms with Gasteiger partial charge >= 0.3 is 0 Å². The van der Waals surface area contributed by atoms with Gasteiger partial charge < -0.3 is 9.47 Å². The lowest BCUT2D eigenvalue weighted by Crippen LogP contribution is -2.29. The molecule has 1 aromatic carbocycles. The normalized spacial score (nSPS) is 12.4. The van der Waals surface area contributed by atoms with Gasteiger partial charge in [0.1, 0.15) is 28.7 Å². The van der Waals surface area contributed by atoms with Crippen molar-refractivity contribution in [2.45, 2.75) is 32.1 Å². The van der Waals surface area contributed by atoms with Crippen LogP contribution in [0.15, 0.2) is 42.9 Å². The third-order valence-electron chi connectivity index (χ3n) is 5.39. The van der Waals surface area contributed by atoms with Crippen LogP contribution >= 0.6 is 0 Å². The predicted molar refractivity (Wildman–Crippen MR) is 129 cm³/mol. The molecule has 0 aliphatic heterocycles. The minimum Gasteiger partial charge on any atom is -0.494 e. The van der Waals surface area contributed by atoms with E-state index in [4.69, 9.17) is 9.47 Å². The zero-order valence-corrected chi connectivity index (χ0v) is 20.9. The number of aryl methyl sites for hydroxylation is 1. The van der Waals surface area contributed by atoms with Gasteiger partial charge in [0.05, 0.1) is 31.9 Å². The first kappa shape index (κ1) is 25.0. The molecule has 4 aromatic rings. The zero-order valence-electron chi connectivity index (χ0n) is 20.1. The van der Waals surface area contributed by atoms with Crippen LogP contribution in [-0.2, 0) is 23.0 Å². The summed E-state index contributed by atoms with van der Waals surface area (Å²) in [5.41, 5.74) is 0.858. The van der Waals surface area contributed by atoms with Crippen LogP contribution in [-0.4, -0.2) is 62.4 Å². The standard InChI is InChI=1S/C22H25FN8O4S/c1-5-30-10-9-16(28-30)21-26-27-22(31(21)20-17(34-3)7-6-8-18(20)35-4)29-36(32,33)14(2)11-19-24-12-15(23)13-25-19/h6-10,12-14H,5,11H2,1-4H3,(H,27,29)/t14-/m1/s1. The first-order valence-corrected chi connectivity index (χ1v) is 12.5. The van der Waals surface area contributed by atoms with Crippen LogP contribution < -0.4 is 14.2 Å². The van der Waals surface area contributed by atoms with Gasteiger partial charge in [0, 0.05) is 19.2 Å². The lowest BCUT2D eigenvalue weighted by atomic mass is 10.2. The molecular formula is C22H25FN8O4S. The average Bonchev–Trinajstić information content (AvgIpc) is 3.51. The summed E-state index contributed by atoms with van der Waals surface area (Å²) < 4.78 is 56.5. The second kappa shape index (κ2) is 10.3. The number of para-hydroxylation sites is 1. The molecule has 0 radical (unpaired) electrons. The van der Waals surface area contributed by atoms with E-state index in [1.54, 1.807) is 35.1 Å². The van der Waals surface area contributed by atoms with Gasteiger partial charge in [-0.25, -0.2) is 22.8 Å². The number of hydrogen-bond donors (Lipinski definition) is 1. The first-order valence-electron chi connectivity index (χ1n) is 11.0. The molecule has 12 nitrogen and oxygen atoms in total. The molecule has 0 bridgehead atoms. The van der Waals surface area contributed by atoms with Crippen molar-refractivity contribution in [1.29, 1.82) is 0 Å². The van der Waals surface area contributed by atoms with Crippen molar-refractivity contribution in [2.75, 3.05) is 18.9 Å². The summed E-state index contributed by atoms with van der Waals surface area (Å²) >= 11 is 0. The summed E-state index contributed by atoms with van der Waals surface area (Å²) in [4.78, 5) is 7.70. The van der Waals surface area contributed by atoms with E-state index in [-0.39, 0.29) is 24.0 Å². The van der Waals surface area contributed by atoms with E-state index in [0.717, 1.165) is 12.4 Å². The Labute approximate surface area is 207 Å². The summed E-state index contributed by atoms with van der Waals surface area (Å²) in [6, 6.07) is 6.91. The van der Waals surface area contributed by atoms with Crippen LogP contribution in [0.1, 0.15) is 19.7 Å². The maximum absolute atomic E-state index is 13.3. The molecule has 190 valence electrons. The fourth-order valence-corrected chi connectivity index (χ4v) is 4.43. The fraction of sp³-hybridized carbons (Fsp3) is 0.318. The number of sulfonamides is 1. The van der Waals surface area contributed by atoms with Gasteiger partial charge in [0.2, 0.25) is 16.0 Å². The number of hydrogen-bond acceptors (Lipinski definition) is 9. The van der Waals surface area contributed by atoms with Crippen molar-refractivity contribution < 1.29 is 22.3 Å². The Bertz CT molecular complexity index is 1430. The molecule has 1 atom stereocenters. The van der Waals surface area contributed by atoms with E-state index >= 15 is 0 Å². The fourth-order valence-electron chi connectivity index (χ4n) is 3.48. The summed E-state index contributed by atoms with van der Waals surface area (Å²) in [5, 5.41) is 11.9. The van der Waals surface area contributed by atoms with Crippen molar-refractivity contribution in [1.82, 2.24) is 34.5 Å². The van der Waals surface area contributed by atoms with Crippen LogP contribution in [0.2, 0.25) is 0 Å². The average molecular weight is 517 g/mol. The van der Waals surface area contributed by atoms with Crippen LogP contribution in [0, 0.1) is 5.82 Å². The summed E-state index contributed by atoms with van der Waals surface area (Å²) in [6.07, 6.45) is 3.71. The quantitative estimate of drug-likeness (QED) is 0.337. The minimum atomic E-state index is -4.01. The van der Waals surface area contributed by atoms with Gasteiger partial charge in [-0.05, 0) is 32.0 Å². The highest BCUT2D eigenvalue weighted by Crippen LogP contribution is 2.37. The first-order chi connectivity index (χ1) is 17.3. The smallest absolute Gasteiger partial charge is 0.243 e. The second-order valence-electron chi connectivity index (χ2n) is 7.73. The van der Waals surface area contributed by atoms with Crippen molar-refractivity contribution in [3.05, 3.63) is 54.5 Å². The van der Waals surface area contributed by atoms with E-state index in [0.29, 0.717) is 29.4 Å². The number of anilines is 1.